The number of benzene rings is 2. The van der Waals surface area contributed by atoms with Gasteiger partial charge in [0.15, 0.2) is 22.3 Å². The smallest absolute Gasteiger partial charge is 0.396 e. The standard InChI is InChI=1S/C14H13F3N4O.C11H5ClF3N3/c15-14(16,17)9-2-3-11-10(8-9)20-12(18-4-1-7-22)13-19-5-6-21(11)13;12-9-10-16-3-4-18(10)8-2-1-6(11(13,14)15)5-7(8)17-9/h2-3,5-6,8,22H,1,4,7H2,(H,18,20);1-5H. The molecular weight excluding hydrogens is 564 g/mol. The molecule has 0 atom stereocenters. The van der Waals surface area contributed by atoms with Crippen molar-refractivity contribution in [2.75, 3.05) is 18.5 Å². The van der Waals surface area contributed by atoms with Crippen molar-refractivity contribution in [2.24, 2.45) is 0 Å². The second-order valence-electron chi connectivity index (χ2n) is 8.51. The van der Waals surface area contributed by atoms with Crippen LogP contribution >= 0.6 is 11.6 Å². The molecule has 0 saturated carbocycles. The number of hydrogen-bond donors (Lipinski definition) is 2. The number of nitrogens with one attached hydrogen (secondary N) is 1. The van der Waals surface area contributed by atoms with Gasteiger partial charge in [-0.15, -0.1) is 0 Å². The van der Waals surface area contributed by atoms with Crippen molar-refractivity contribution < 1.29 is 31.4 Å². The quantitative estimate of drug-likeness (QED) is 0.189. The molecule has 0 unspecified atom stereocenters. The van der Waals surface area contributed by atoms with Crippen molar-refractivity contribution in [2.45, 2.75) is 18.8 Å². The summed E-state index contributed by atoms with van der Waals surface area (Å²) in [5, 5.41) is 11.9. The van der Waals surface area contributed by atoms with E-state index in [2.05, 4.69) is 25.3 Å². The summed E-state index contributed by atoms with van der Waals surface area (Å²) in [4.78, 5) is 16.3. The molecule has 2 N–H and O–H groups in total. The van der Waals surface area contributed by atoms with Gasteiger partial charge in [-0.3, -0.25) is 8.80 Å². The van der Waals surface area contributed by atoms with Crippen molar-refractivity contribution in [3.05, 3.63) is 77.5 Å². The summed E-state index contributed by atoms with van der Waals surface area (Å²) in [7, 11) is 0. The lowest BCUT2D eigenvalue weighted by Gasteiger charge is -2.11. The van der Waals surface area contributed by atoms with Gasteiger partial charge in [-0.1, -0.05) is 11.6 Å². The topological polar surface area (TPSA) is 92.6 Å². The highest BCUT2D eigenvalue weighted by atomic mass is 35.5. The van der Waals surface area contributed by atoms with Crippen molar-refractivity contribution in [3.8, 4) is 0 Å². The van der Waals surface area contributed by atoms with Gasteiger partial charge >= 0.3 is 12.4 Å². The maximum absolute atomic E-state index is 12.8. The zero-order chi connectivity index (χ0) is 28.7. The third-order valence-electron chi connectivity index (χ3n) is 5.88. The Bertz CT molecular complexity index is 1830. The van der Waals surface area contributed by atoms with E-state index in [4.69, 9.17) is 16.7 Å². The maximum Gasteiger partial charge on any atom is 0.416 e. The van der Waals surface area contributed by atoms with Gasteiger partial charge in [0, 0.05) is 37.9 Å². The van der Waals surface area contributed by atoms with E-state index in [1.165, 1.54) is 18.3 Å². The molecule has 0 radical (unpaired) electrons. The number of hydrogen-bond acceptors (Lipinski definition) is 6. The van der Waals surface area contributed by atoms with Crippen LogP contribution in [0.2, 0.25) is 5.15 Å². The minimum absolute atomic E-state index is 0.0174. The molecule has 0 spiro atoms. The van der Waals surface area contributed by atoms with Crippen LogP contribution in [0.3, 0.4) is 0 Å². The lowest BCUT2D eigenvalue weighted by molar-refractivity contribution is -0.138. The summed E-state index contributed by atoms with van der Waals surface area (Å²) in [5.41, 5.74) is 0.945. The van der Waals surface area contributed by atoms with Crippen molar-refractivity contribution in [3.63, 3.8) is 0 Å². The predicted molar refractivity (Wildman–Crippen MR) is 136 cm³/mol. The first kappa shape index (κ1) is 27.4. The number of aromatic nitrogens is 6. The van der Waals surface area contributed by atoms with E-state index in [-0.39, 0.29) is 22.8 Å². The van der Waals surface area contributed by atoms with Gasteiger partial charge in [-0.25, -0.2) is 19.9 Å². The van der Waals surface area contributed by atoms with E-state index in [1.54, 1.807) is 27.4 Å². The third kappa shape index (κ3) is 5.31. The van der Waals surface area contributed by atoms with Gasteiger partial charge in [0.05, 0.1) is 33.2 Å². The number of alkyl halides is 6. The van der Waals surface area contributed by atoms with Crippen LogP contribution < -0.4 is 5.32 Å². The Morgan fingerprint density at radius 2 is 1.30 bits per heavy atom. The predicted octanol–water partition coefficient (Wildman–Crippen LogP) is 6.25. The molecule has 0 saturated heterocycles. The Morgan fingerprint density at radius 3 is 1.85 bits per heavy atom. The van der Waals surface area contributed by atoms with Crippen LogP contribution in [0.25, 0.3) is 33.4 Å². The summed E-state index contributed by atoms with van der Waals surface area (Å²) in [6.07, 6.45) is -1.93. The first-order valence-corrected chi connectivity index (χ1v) is 12.0. The van der Waals surface area contributed by atoms with Crippen LogP contribution in [-0.4, -0.2) is 47.0 Å². The molecule has 0 aliphatic carbocycles. The molecule has 8 nitrogen and oxygen atoms in total. The number of imidazole rings is 2. The molecule has 0 fully saturated rings. The molecule has 6 rings (SSSR count). The number of rotatable bonds is 4. The molecule has 0 aliphatic heterocycles. The number of nitrogens with zero attached hydrogens (tertiary/aromatic N) is 6. The molecule has 2 aromatic carbocycles. The van der Waals surface area contributed by atoms with Crippen LogP contribution in [0.4, 0.5) is 32.2 Å². The van der Waals surface area contributed by atoms with E-state index in [9.17, 15) is 26.3 Å². The maximum atomic E-state index is 12.8. The highest BCUT2D eigenvalue weighted by Gasteiger charge is 2.31. The molecule has 40 heavy (non-hydrogen) atoms. The molecule has 4 heterocycles. The highest BCUT2D eigenvalue weighted by Crippen LogP contribution is 2.33. The van der Waals surface area contributed by atoms with Gasteiger partial charge in [0.1, 0.15) is 0 Å². The second kappa shape index (κ2) is 10.4. The van der Waals surface area contributed by atoms with Crippen LogP contribution in [0.5, 0.6) is 0 Å². The van der Waals surface area contributed by atoms with Gasteiger partial charge in [-0.2, -0.15) is 26.3 Å². The van der Waals surface area contributed by atoms with Crippen LogP contribution in [0.15, 0.2) is 61.2 Å². The minimum atomic E-state index is -4.41. The summed E-state index contributed by atoms with van der Waals surface area (Å²) in [6, 6.07) is 6.78. The molecular formula is C25H18ClF6N7O. The van der Waals surface area contributed by atoms with E-state index in [0.29, 0.717) is 41.1 Å². The number of aliphatic hydroxyl groups is 1. The van der Waals surface area contributed by atoms with Gasteiger partial charge in [0.2, 0.25) is 0 Å². The number of fused-ring (bicyclic) bond motifs is 6. The SMILES string of the molecule is FC(F)(F)c1ccc2c(c1)nc(Cl)c1nccn12.OCCCNc1nc2cc(C(F)(F)F)ccc2n2ccnc12. The molecule has 15 heteroatoms. The Kier molecular flexibility index (Phi) is 7.14. The summed E-state index contributed by atoms with van der Waals surface area (Å²) < 4.78 is 79.5. The van der Waals surface area contributed by atoms with Crippen LogP contribution in [-0.2, 0) is 12.4 Å². The first-order valence-electron chi connectivity index (χ1n) is 11.7. The highest BCUT2D eigenvalue weighted by molar-refractivity contribution is 6.32. The Hall–Kier alpha value is -4.17. The van der Waals surface area contributed by atoms with Gasteiger partial charge in [0.25, 0.3) is 0 Å². The lowest BCUT2D eigenvalue weighted by Crippen LogP contribution is -2.09. The molecule has 4 aromatic heterocycles. The largest absolute Gasteiger partial charge is 0.416 e. The summed E-state index contributed by atoms with van der Waals surface area (Å²) in [6.45, 7) is 0.472. The fourth-order valence-corrected chi connectivity index (χ4v) is 4.27. The summed E-state index contributed by atoms with van der Waals surface area (Å²) in [5.74, 6) is 0.394. The van der Waals surface area contributed by atoms with E-state index in [1.807, 2.05) is 0 Å². The minimum Gasteiger partial charge on any atom is -0.396 e. The average molecular weight is 582 g/mol. The van der Waals surface area contributed by atoms with E-state index < -0.39 is 23.5 Å². The van der Waals surface area contributed by atoms with E-state index in [0.717, 1.165) is 24.3 Å². The molecule has 0 amide bonds. The van der Waals surface area contributed by atoms with Crippen LogP contribution in [0, 0.1) is 0 Å². The molecule has 0 aliphatic rings. The van der Waals surface area contributed by atoms with Crippen LogP contribution in [0.1, 0.15) is 17.5 Å². The fourth-order valence-electron chi connectivity index (χ4n) is 4.04. The fraction of sp³-hybridized carbons (Fsp3) is 0.200. The molecule has 6 aromatic rings. The molecule has 0 bridgehead atoms. The van der Waals surface area contributed by atoms with Gasteiger partial charge < -0.3 is 10.4 Å². The number of anilines is 1. The Balaban J connectivity index is 0.000000164. The average Bonchev–Trinajstić information content (AvgIpc) is 3.59. The number of halogens is 7. The van der Waals surface area contributed by atoms with Crippen molar-refractivity contribution in [1.29, 1.82) is 0 Å². The van der Waals surface area contributed by atoms with E-state index >= 15 is 0 Å². The zero-order valence-corrected chi connectivity index (χ0v) is 20.9. The Morgan fingerprint density at radius 1 is 0.775 bits per heavy atom. The van der Waals surface area contributed by atoms with Crippen molar-refractivity contribution in [1.82, 2.24) is 28.7 Å². The number of aliphatic hydroxyl groups excluding tert-OH is 1. The monoisotopic (exact) mass is 581 g/mol. The third-order valence-corrected chi connectivity index (χ3v) is 6.13. The zero-order valence-electron chi connectivity index (χ0n) is 20.2. The molecule has 208 valence electrons. The van der Waals surface area contributed by atoms with Crippen molar-refractivity contribution >= 4 is 50.8 Å². The lowest BCUT2D eigenvalue weighted by atomic mass is 10.2. The normalized spacial score (nSPS) is 12.3. The first-order chi connectivity index (χ1) is 19.0. The Labute approximate surface area is 225 Å². The second-order valence-corrected chi connectivity index (χ2v) is 8.87. The van der Waals surface area contributed by atoms with Gasteiger partial charge in [-0.05, 0) is 42.8 Å². The summed E-state index contributed by atoms with van der Waals surface area (Å²) >= 11 is 5.87.